The van der Waals surface area contributed by atoms with Gasteiger partial charge in [0.1, 0.15) is 0 Å². The molecule has 1 aliphatic rings. The van der Waals surface area contributed by atoms with E-state index in [0.717, 1.165) is 26.1 Å². The molecule has 1 aliphatic heterocycles. The predicted octanol–water partition coefficient (Wildman–Crippen LogP) is 1.43. The van der Waals surface area contributed by atoms with Crippen molar-refractivity contribution in [2.24, 2.45) is 11.7 Å². The number of hydrogen-bond donors (Lipinski definition) is 2. The number of hydrogen-bond acceptors (Lipinski definition) is 3. The van der Waals surface area contributed by atoms with Gasteiger partial charge in [0.15, 0.2) is 0 Å². The van der Waals surface area contributed by atoms with Crippen molar-refractivity contribution < 1.29 is 5.11 Å². The Kier molecular flexibility index (Phi) is 4.75. The van der Waals surface area contributed by atoms with Crippen LogP contribution < -0.4 is 5.73 Å². The van der Waals surface area contributed by atoms with Crippen molar-refractivity contribution >= 4 is 0 Å². The summed E-state index contributed by atoms with van der Waals surface area (Å²) in [6.45, 7) is 5.66. The van der Waals surface area contributed by atoms with Crippen LogP contribution in [0.15, 0.2) is 30.3 Å². The second-order valence-corrected chi connectivity index (χ2v) is 5.39. The summed E-state index contributed by atoms with van der Waals surface area (Å²) in [5, 5.41) is 9.63. The molecule has 2 rings (SSSR count). The number of nitrogens with two attached hydrogens (primary N) is 1. The minimum Gasteiger partial charge on any atom is -0.393 e. The van der Waals surface area contributed by atoms with Crippen molar-refractivity contribution in [2.45, 2.75) is 25.4 Å². The Bertz CT molecular complexity index is 353. The minimum absolute atomic E-state index is 0.192. The topological polar surface area (TPSA) is 49.5 Å². The Morgan fingerprint density at radius 1 is 1.39 bits per heavy atom. The van der Waals surface area contributed by atoms with E-state index in [9.17, 15) is 5.11 Å². The fraction of sp³-hybridized carbons (Fsp3) is 0.600. The van der Waals surface area contributed by atoms with E-state index >= 15 is 0 Å². The van der Waals surface area contributed by atoms with Gasteiger partial charge in [-0.25, -0.2) is 0 Å². The zero-order valence-electron chi connectivity index (χ0n) is 11.1. The highest BCUT2D eigenvalue weighted by molar-refractivity contribution is 5.20. The monoisotopic (exact) mass is 248 g/mol. The van der Waals surface area contributed by atoms with Crippen LogP contribution in [0.4, 0.5) is 0 Å². The standard InChI is InChI=1S/C15H24N2O/c1-12(18)14-7-8-17(10-14)11-15(9-16)13-5-3-2-4-6-13/h2-6,12,14-15,18H,7-11,16H2,1H3. The fourth-order valence-corrected chi connectivity index (χ4v) is 2.78. The highest BCUT2D eigenvalue weighted by Gasteiger charge is 2.27. The molecule has 1 saturated heterocycles. The van der Waals surface area contributed by atoms with Gasteiger partial charge < -0.3 is 15.7 Å². The van der Waals surface area contributed by atoms with Gasteiger partial charge in [0, 0.05) is 25.6 Å². The first kappa shape index (κ1) is 13.5. The van der Waals surface area contributed by atoms with E-state index in [1.54, 1.807) is 0 Å². The molecular weight excluding hydrogens is 224 g/mol. The van der Waals surface area contributed by atoms with E-state index in [2.05, 4.69) is 29.2 Å². The lowest BCUT2D eigenvalue weighted by atomic mass is 9.98. The average molecular weight is 248 g/mol. The van der Waals surface area contributed by atoms with Gasteiger partial charge in [-0.2, -0.15) is 0 Å². The van der Waals surface area contributed by atoms with Gasteiger partial charge in [0.05, 0.1) is 6.10 Å². The first-order valence-electron chi connectivity index (χ1n) is 6.86. The SMILES string of the molecule is CC(O)C1CCN(CC(CN)c2ccccc2)C1. The maximum Gasteiger partial charge on any atom is 0.0552 e. The highest BCUT2D eigenvalue weighted by atomic mass is 16.3. The molecule has 1 fully saturated rings. The van der Waals surface area contributed by atoms with Crippen LogP contribution in [0.25, 0.3) is 0 Å². The van der Waals surface area contributed by atoms with Gasteiger partial charge >= 0.3 is 0 Å². The molecule has 18 heavy (non-hydrogen) atoms. The summed E-state index contributed by atoms with van der Waals surface area (Å²) in [4.78, 5) is 2.43. The van der Waals surface area contributed by atoms with Gasteiger partial charge in [0.25, 0.3) is 0 Å². The molecule has 3 heteroatoms. The van der Waals surface area contributed by atoms with Crippen molar-refractivity contribution in [3.63, 3.8) is 0 Å². The molecule has 0 saturated carbocycles. The van der Waals surface area contributed by atoms with E-state index in [4.69, 9.17) is 5.73 Å². The molecule has 1 aromatic rings. The Hall–Kier alpha value is -0.900. The van der Waals surface area contributed by atoms with Gasteiger partial charge in [-0.05, 0) is 31.4 Å². The van der Waals surface area contributed by atoms with Gasteiger partial charge in [-0.1, -0.05) is 30.3 Å². The van der Waals surface area contributed by atoms with Crippen LogP contribution >= 0.6 is 0 Å². The Balaban J connectivity index is 1.92. The quantitative estimate of drug-likeness (QED) is 0.829. The van der Waals surface area contributed by atoms with Gasteiger partial charge in [-0.15, -0.1) is 0 Å². The number of nitrogens with zero attached hydrogens (tertiary/aromatic N) is 1. The van der Waals surface area contributed by atoms with Crippen molar-refractivity contribution in [3.8, 4) is 0 Å². The van der Waals surface area contributed by atoms with E-state index in [0.29, 0.717) is 18.4 Å². The minimum atomic E-state index is -0.192. The van der Waals surface area contributed by atoms with Crippen molar-refractivity contribution in [3.05, 3.63) is 35.9 Å². The molecule has 3 unspecified atom stereocenters. The second-order valence-electron chi connectivity index (χ2n) is 5.39. The Morgan fingerprint density at radius 2 is 2.11 bits per heavy atom. The normalized spacial score (nSPS) is 24.1. The van der Waals surface area contributed by atoms with Crippen LogP contribution in [0.2, 0.25) is 0 Å². The third-order valence-electron chi connectivity index (χ3n) is 4.03. The zero-order chi connectivity index (χ0) is 13.0. The molecule has 100 valence electrons. The van der Waals surface area contributed by atoms with Gasteiger partial charge in [0.2, 0.25) is 0 Å². The summed E-state index contributed by atoms with van der Waals surface area (Å²) in [5.41, 5.74) is 7.22. The first-order chi connectivity index (χ1) is 8.70. The molecule has 0 aromatic heterocycles. The maximum atomic E-state index is 9.63. The van der Waals surface area contributed by atoms with Crippen LogP contribution in [-0.2, 0) is 0 Å². The van der Waals surface area contributed by atoms with E-state index in [1.807, 2.05) is 13.0 Å². The lowest BCUT2D eigenvalue weighted by molar-refractivity contribution is 0.127. The molecule has 0 spiro atoms. The number of rotatable bonds is 5. The Morgan fingerprint density at radius 3 is 2.67 bits per heavy atom. The number of aliphatic hydroxyl groups is 1. The molecule has 3 N–H and O–H groups in total. The summed E-state index contributed by atoms with van der Waals surface area (Å²) in [5.74, 6) is 0.832. The zero-order valence-corrected chi connectivity index (χ0v) is 11.1. The fourth-order valence-electron chi connectivity index (χ4n) is 2.78. The molecule has 0 radical (unpaired) electrons. The van der Waals surface area contributed by atoms with E-state index in [-0.39, 0.29) is 6.10 Å². The highest BCUT2D eigenvalue weighted by Crippen LogP contribution is 2.23. The number of aliphatic hydroxyl groups excluding tert-OH is 1. The predicted molar refractivity (Wildman–Crippen MR) is 74.5 cm³/mol. The molecule has 3 nitrogen and oxygen atoms in total. The Labute approximate surface area is 110 Å². The van der Waals surface area contributed by atoms with Crippen molar-refractivity contribution in [2.75, 3.05) is 26.2 Å². The van der Waals surface area contributed by atoms with Crippen LogP contribution in [0.3, 0.4) is 0 Å². The molecule has 1 heterocycles. The largest absolute Gasteiger partial charge is 0.393 e. The summed E-state index contributed by atoms with van der Waals surface area (Å²) >= 11 is 0. The summed E-state index contributed by atoms with van der Waals surface area (Å²) in [6.07, 6.45) is 0.909. The smallest absolute Gasteiger partial charge is 0.0552 e. The first-order valence-corrected chi connectivity index (χ1v) is 6.86. The maximum absolute atomic E-state index is 9.63. The molecule has 0 aliphatic carbocycles. The molecule has 0 amide bonds. The summed E-state index contributed by atoms with van der Waals surface area (Å²) in [6, 6.07) is 10.5. The average Bonchev–Trinajstić information content (AvgIpc) is 2.86. The third kappa shape index (κ3) is 3.31. The number of likely N-dealkylation sites (tertiary alicyclic amines) is 1. The van der Waals surface area contributed by atoms with Crippen LogP contribution in [0, 0.1) is 5.92 Å². The lowest BCUT2D eigenvalue weighted by Crippen LogP contribution is -2.31. The van der Waals surface area contributed by atoms with Crippen molar-refractivity contribution in [1.29, 1.82) is 0 Å². The van der Waals surface area contributed by atoms with Crippen LogP contribution in [0.5, 0.6) is 0 Å². The van der Waals surface area contributed by atoms with Crippen LogP contribution in [-0.4, -0.2) is 42.3 Å². The van der Waals surface area contributed by atoms with Gasteiger partial charge in [-0.3, -0.25) is 0 Å². The molecular formula is C15H24N2O. The molecule has 0 bridgehead atoms. The third-order valence-corrected chi connectivity index (χ3v) is 4.03. The molecule has 3 atom stereocenters. The second kappa shape index (κ2) is 6.32. The number of benzene rings is 1. The van der Waals surface area contributed by atoms with E-state index < -0.39 is 0 Å². The summed E-state index contributed by atoms with van der Waals surface area (Å²) in [7, 11) is 0. The van der Waals surface area contributed by atoms with E-state index in [1.165, 1.54) is 5.56 Å². The van der Waals surface area contributed by atoms with Crippen LogP contribution in [0.1, 0.15) is 24.8 Å². The molecule has 1 aromatic carbocycles. The lowest BCUT2D eigenvalue weighted by Gasteiger charge is -2.23. The van der Waals surface area contributed by atoms with Crippen molar-refractivity contribution in [1.82, 2.24) is 4.90 Å². The summed E-state index contributed by atoms with van der Waals surface area (Å²) < 4.78 is 0.